The van der Waals surface area contributed by atoms with Gasteiger partial charge in [-0.25, -0.2) is 9.97 Å². The summed E-state index contributed by atoms with van der Waals surface area (Å²) in [6, 6.07) is 20.1. The lowest BCUT2D eigenvalue weighted by molar-refractivity contribution is 0.0938. The van der Waals surface area contributed by atoms with E-state index in [4.69, 9.17) is 0 Å². The second kappa shape index (κ2) is 9.33. The van der Waals surface area contributed by atoms with Crippen molar-refractivity contribution in [1.82, 2.24) is 15.3 Å². The number of nitrogens with zero attached hydrogens (tertiary/aromatic N) is 2. The van der Waals surface area contributed by atoms with Gasteiger partial charge in [-0.05, 0) is 31.6 Å². The summed E-state index contributed by atoms with van der Waals surface area (Å²) in [4.78, 5) is 21.7. The molecule has 1 N–H and O–H groups in total. The van der Waals surface area contributed by atoms with Crippen LogP contribution in [0.5, 0.6) is 0 Å². The van der Waals surface area contributed by atoms with Gasteiger partial charge in [0.1, 0.15) is 0 Å². The highest BCUT2D eigenvalue weighted by Crippen LogP contribution is 2.23. The van der Waals surface area contributed by atoms with Crippen LogP contribution in [0.4, 0.5) is 0 Å². The number of aryl methyl sites for hydroxylation is 1. The van der Waals surface area contributed by atoms with Gasteiger partial charge in [0.15, 0.2) is 5.16 Å². The molecule has 1 heterocycles. The molecular weight excluding hydrogens is 354 g/mol. The minimum atomic E-state index is -0.137. The van der Waals surface area contributed by atoms with Gasteiger partial charge in [0, 0.05) is 17.8 Å². The van der Waals surface area contributed by atoms with Crippen molar-refractivity contribution in [3.05, 3.63) is 78.0 Å². The average molecular weight is 378 g/mol. The van der Waals surface area contributed by atoms with Gasteiger partial charge in [0.05, 0.1) is 11.3 Å². The van der Waals surface area contributed by atoms with E-state index in [9.17, 15) is 4.79 Å². The first-order valence-corrected chi connectivity index (χ1v) is 10.2. The Morgan fingerprint density at radius 1 is 1.07 bits per heavy atom. The SMILES string of the molecule is CSc1ncc(C(=O)N[C@@H](C)CCc2ccccc2)c(-c2ccccc2)n1. The zero-order valence-electron chi connectivity index (χ0n) is 15.6. The molecule has 0 aliphatic rings. The fourth-order valence-electron chi connectivity index (χ4n) is 2.85. The molecule has 0 spiro atoms. The van der Waals surface area contributed by atoms with Crippen molar-refractivity contribution < 1.29 is 4.79 Å². The molecule has 1 atom stereocenters. The molecule has 5 heteroatoms. The largest absolute Gasteiger partial charge is 0.349 e. The van der Waals surface area contributed by atoms with Crippen LogP contribution in [0.15, 0.2) is 72.0 Å². The number of rotatable bonds is 7. The third-order valence-electron chi connectivity index (χ3n) is 4.33. The van der Waals surface area contributed by atoms with Gasteiger partial charge in [-0.1, -0.05) is 72.4 Å². The van der Waals surface area contributed by atoms with Crippen LogP contribution in [0.2, 0.25) is 0 Å². The molecule has 0 unspecified atom stereocenters. The standard InChI is InChI=1S/C22H23N3OS/c1-16(13-14-17-9-5-3-6-10-17)24-21(26)19-15-23-22(27-2)25-20(19)18-11-7-4-8-12-18/h3-12,15-16H,13-14H2,1-2H3,(H,24,26)/t16-/m0/s1. The smallest absolute Gasteiger partial charge is 0.255 e. The molecular formula is C22H23N3OS. The fourth-order valence-corrected chi connectivity index (χ4v) is 3.19. The van der Waals surface area contributed by atoms with Crippen molar-refractivity contribution in [3.63, 3.8) is 0 Å². The summed E-state index contributed by atoms with van der Waals surface area (Å²) in [5, 5.41) is 3.74. The van der Waals surface area contributed by atoms with E-state index in [1.165, 1.54) is 17.3 Å². The highest BCUT2D eigenvalue weighted by molar-refractivity contribution is 7.98. The Balaban J connectivity index is 1.74. The van der Waals surface area contributed by atoms with Gasteiger partial charge in [-0.15, -0.1) is 0 Å². The summed E-state index contributed by atoms with van der Waals surface area (Å²) in [5.74, 6) is -0.137. The number of nitrogens with one attached hydrogen (secondary N) is 1. The molecule has 1 amide bonds. The van der Waals surface area contributed by atoms with E-state index >= 15 is 0 Å². The normalized spacial score (nSPS) is 11.8. The van der Waals surface area contributed by atoms with Crippen molar-refractivity contribution in [3.8, 4) is 11.3 Å². The maximum atomic E-state index is 12.9. The maximum absolute atomic E-state index is 12.9. The summed E-state index contributed by atoms with van der Waals surface area (Å²) in [5.41, 5.74) is 3.36. The molecule has 0 fully saturated rings. The summed E-state index contributed by atoms with van der Waals surface area (Å²) < 4.78 is 0. The zero-order chi connectivity index (χ0) is 19.1. The van der Waals surface area contributed by atoms with Crippen LogP contribution in [0.25, 0.3) is 11.3 Å². The number of amides is 1. The van der Waals surface area contributed by atoms with Crippen LogP contribution in [0.3, 0.4) is 0 Å². The quantitative estimate of drug-likeness (QED) is 0.482. The Kier molecular flexibility index (Phi) is 6.60. The predicted octanol–water partition coefficient (Wildman–Crippen LogP) is 4.62. The first kappa shape index (κ1) is 19.1. The molecule has 0 bridgehead atoms. The molecule has 0 saturated heterocycles. The van der Waals surface area contributed by atoms with Gasteiger partial charge < -0.3 is 5.32 Å². The minimum Gasteiger partial charge on any atom is -0.349 e. The van der Waals surface area contributed by atoms with Gasteiger partial charge >= 0.3 is 0 Å². The average Bonchev–Trinajstić information content (AvgIpc) is 2.73. The van der Waals surface area contributed by atoms with Crippen LogP contribution in [-0.2, 0) is 6.42 Å². The molecule has 0 radical (unpaired) electrons. The number of thioether (sulfide) groups is 1. The number of carbonyl (C=O) groups is 1. The summed E-state index contributed by atoms with van der Waals surface area (Å²) in [6.07, 6.45) is 5.35. The number of carbonyl (C=O) groups excluding carboxylic acids is 1. The predicted molar refractivity (Wildman–Crippen MR) is 111 cm³/mol. The highest BCUT2D eigenvalue weighted by Gasteiger charge is 2.17. The molecule has 3 aromatic rings. The Bertz CT molecular complexity index is 885. The molecule has 0 aliphatic carbocycles. The lowest BCUT2D eigenvalue weighted by Gasteiger charge is -2.15. The van der Waals surface area contributed by atoms with Crippen molar-refractivity contribution in [2.45, 2.75) is 31.0 Å². The Morgan fingerprint density at radius 2 is 1.74 bits per heavy atom. The molecule has 1 aromatic heterocycles. The van der Waals surface area contributed by atoms with Crippen molar-refractivity contribution in [2.75, 3.05) is 6.26 Å². The van der Waals surface area contributed by atoms with Crippen molar-refractivity contribution in [2.24, 2.45) is 0 Å². The van der Waals surface area contributed by atoms with Gasteiger partial charge in [-0.2, -0.15) is 0 Å². The molecule has 27 heavy (non-hydrogen) atoms. The number of aromatic nitrogens is 2. The minimum absolute atomic E-state index is 0.0570. The van der Waals surface area contributed by atoms with Gasteiger partial charge in [-0.3, -0.25) is 4.79 Å². The van der Waals surface area contributed by atoms with E-state index in [-0.39, 0.29) is 11.9 Å². The monoisotopic (exact) mass is 377 g/mol. The summed E-state index contributed by atoms with van der Waals surface area (Å²) in [7, 11) is 0. The Hall–Kier alpha value is -2.66. The molecule has 0 saturated carbocycles. The van der Waals surface area contributed by atoms with Crippen LogP contribution in [-0.4, -0.2) is 28.2 Å². The van der Waals surface area contributed by atoms with E-state index in [0.29, 0.717) is 16.4 Å². The summed E-state index contributed by atoms with van der Waals surface area (Å²) in [6.45, 7) is 2.03. The lowest BCUT2D eigenvalue weighted by Crippen LogP contribution is -2.33. The summed E-state index contributed by atoms with van der Waals surface area (Å²) >= 11 is 1.46. The van der Waals surface area contributed by atoms with Crippen LogP contribution >= 0.6 is 11.8 Å². The topological polar surface area (TPSA) is 54.9 Å². The van der Waals surface area contributed by atoms with Crippen molar-refractivity contribution in [1.29, 1.82) is 0 Å². The Labute approximate surface area is 164 Å². The molecule has 4 nitrogen and oxygen atoms in total. The fraction of sp³-hybridized carbons (Fsp3) is 0.227. The third kappa shape index (κ3) is 5.17. The van der Waals surface area contributed by atoms with Crippen molar-refractivity contribution >= 4 is 17.7 Å². The highest BCUT2D eigenvalue weighted by atomic mass is 32.2. The van der Waals surface area contributed by atoms with E-state index in [0.717, 1.165) is 18.4 Å². The molecule has 138 valence electrons. The second-order valence-corrected chi connectivity index (χ2v) is 7.16. The van der Waals surface area contributed by atoms with E-state index in [1.54, 1.807) is 6.20 Å². The van der Waals surface area contributed by atoms with E-state index in [2.05, 4.69) is 27.4 Å². The number of hydrogen-bond acceptors (Lipinski definition) is 4. The van der Waals surface area contributed by atoms with E-state index in [1.807, 2.05) is 61.7 Å². The van der Waals surface area contributed by atoms with Gasteiger partial charge in [0.2, 0.25) is 0 Å². The van der Waals surface area contributed by atoms with Crippen LogP contribution < -0.4 is 5.32 Å². The van der Waals surface area contributed by atoms with Crippen LogP contribution in [0, 0.1) is 0 Å². The molecule has 0 aliphatic heterocycles. The zero-order valence-corrected chi connectivity index (χ0v) is 16.4. The van der Waals surface area contributed by atoms with E-state index < -0.39 is 0 Å². The molecule has 3 rings (SSSR count). The second-order valence-electron chi connectivity index (χ2n) is 6.38. The lowest BCUT2D eigenvalue weighted by atomic mass is 10.0. The molecule has 2 aromatic carbocycles. The van der Waals surface area contributed by atoms with Gasteiger partial charge in [0.25, 0.3) is 5.91 Å². The third-order valence-corrected chi connectivity index (χ3v) is 4.89. The Morgan fingerprint density at radius 3 is 2.41 bits per heavy atom. The van der Waals surface area contributed by atoms with Crippen LogP contribution in [0.1, 0.15) is 29.3 Å². The number of benzene rings is 2. The number of hydrogen-bond donors (Lipinski definition) is 1. The maximum Gasteiger partial charge on any atom is 0.255 e. The first-order chi connectivity index (χ1) is 13.2. The first-order valence-electron chi connectivity index (χ1n) is 8.98.